The molecule has 1 aliphatic carbocycles. The van der Waals surface area contributed by atoms with Crippen molar-refractivity contribution >= 4 is 5.57 Å². The van der Waals surface area contributed by atoms with Crippen molar-refractivity contribution in [2.75, 3.05) is 0 Å². The van der Waals surface area contributed by atoms with E-state index < -0.39 is 0 Å². The van der Waals surface area contributed by atoms with Gasteiger partial charge in [-0.1, -0.05) is 11.3 Å². The molecule has 0 bridgehead atoms. The van der Waals surface area contributed by atoms with E-state index in [-0.39, 0.29) is 0 Å². The van der Waals surface area contributed by atoms with E-state index in [4.69, 9.17) is 0 Å². The molecule has 0 radical (unpaired) electrons. The molecule has 3 rings (SSSR count). The van der Waals surface area contributed by atoms with Crippen LogP contribution in [0.15, 0.2) is 6.08 Å². The fourth-order valence-corrected chi connectivity index (χ4v) is 2.46. The summed E-state index contributed by atoms with van der Waals surface area (Å²) >= 11 is 0. The van der Waals surface area contributed by atoms with Crippen LogP contribution in [0.1, 0.15) is 43.5 Å². The number of aromatic nitrogens is 3. The summed E-state index contributed by atoms with van der Waals surface area (Å²) in [6.07, 6.45) is 9.84. The molecule has 2 heterocycles. The van der Waals surface area contributed by atoms with Gasteiger partial charge in [0.25, 0.3) is 0 Å². The fraction of sp³-hybridized carbons (Fsp3) is 0.636. The second kappa shape index (κ2) is 3.23. The van der Waals surface area contributed by atoms with Crippen molar-refractivity contribution in [3.05, 3.63) is 17.5 Å². The molecular weight excluding hydrogens is 174 g/mol. The fourth-order valence-electron chi connectivity index (χ4n) is 2.46. The van der Waals surface area contributed by atoms with Crippen LogP contribution in [0.25, 0.3) is 5.57 Å². The highest BCUT2D eigenvalue weighted by atomic mass is 15.4. The van der Waals surface area contributed by atoms with Gasteiger partial charge in [-0.05, 0) is 44.1 Å². The smallest absolute Gasteiger partial charge is 0.111 e. The summed E-state index contributed by atoms with van der Waals surface area (Å²) in [4.78, 5) is 0. The zero-order chi connectivity index (χ0) is 9.38. The molecule has 0 atom stereocenters. The second-order valence-electron chi connectivity index (χ2n) is 4.19. The van der Waals surface area contributed by atoms with Crippen LogP contribution >= 0.6 is 0 Å². The SMILES string of the molecule is C1=C(c2nnn3c2CCC3)CCCC1. The van der Waals surface area contributed by atoms with Crippen LogP contribution in [0.3, 0.4) is 0 Å². The normalized spacial score (nSPS) is 20.7. The van der Waals surface area contributed by atoms with E-state index in [9.17, 15) is 0 Å². The average Bonchev–Trinajstić information content (AvgIpc) is 2.79. The second-order valence-corrected chi connectivity index (χ2v) is 4.19. The topological polar surface area (TPSA) is 30.7 Å². The van der Waals surface area contributed by atoms with E-state index in [2.05, 4.69) is 21.1 Å². The Kier molecular flexibility index (Phi) is 1.89. The van der Waals surface area contributed by atoms with Crippen LogP contribution in [0.4, 0.5) is 0 Å². The summed E-state index contributed by atoms with van der Waals surface area (Å²) in [6, 6.07) is 0. The highest BCUT2D eigenvalue weighted by Crippen LogP contribution is 2.29. The largest absolute Gasteiger partial charge is 0.249 e. The Hall–Kier alpha value is -1.12. The molecule has 1 aliphatic heterocycles. The highest BCUT2D eigenvalue weighted by molar-refractivity contribution is 5.64. The summed E-state index contributed by atoms with van der Waals surface area (Å²) in [5.74, 6) is 0. The average molecular weight is 189 g/mol. The lowest BCUT2D eigenvalue weighted by molar-refractivity contribution is 0.622. The van der Waals surface area contributed by atoms with E-state index in [0.29, 0.717) is 0 Å². The zero-order valence-electron chi connectivity index (χ0n) is 8.37. The molecule has 0 fully saturated rings. The molecule has 3 nitrogen and oxygen atoms in total. The lowest BCUT2D eigenvalue weighted by Gasteiger charge is -2.10. The number of hydrogen-bond donors (Lipinski definition) is 0. The minimum atomic E-state index is 1.07. The first kappa shape index (κ1) is 8.21. The Morgan fingerprint density at radius 3 is 3.00 bits per heavy atom. The number of aryl methyl sites for hydroxylation is 1. The van der Waals surface area contributed by atoms with Crippen LogP contribution < -0.4 is 0 Å². The van der Waals surface area contributed by atoms with Crippen molar-refractivity contribution in [2.24, 2.45) is 0 Å². The van der Waals surface area contributed by atoms with Crippen LogP contribution in [0, 0.1) is 0 Å². The van der Waals surface area contributed by atoms with Crippen molar-refractivity contribution in [1.82, 2.24) is 15.0 Å². The first-order valence-corrected chi connectivity index (χ1v) is 5.57. The Morgan fingerprint density at radius 1 is 1.14 bits per heavy atom. The summed E-state index contributed by atoms with van der Waals surface area (Å²) in [6.45, 7) is 1.07. The van der Waals surface area contributed by atoms with Gasteiger partial charge in [0.1, 0.15) is 5.69 Å². The molecule has 0 aromatic carbocycles. The van der Waals surface area contributed by atoms with Crippen LogP contribution in [-0.4, -0.2) is 15.0 Å². The van der Waals surface area contributed by atoms with Crippen LogP contribution in [-0.2, 0) is 13.0 Å². The molecular formula is C11H15N3. The van der Waals surface area contributed by atoms with Gasteiger partial charge < -0.3 is 0 Å². The van der Waals surface area contributed by atoms with Crippen LogP contribution in [0.2, 0.25) is 0 Å². The number of allylic oxidation sites excluding steroid dienone is 2. The predicted molar refractivity (Wildman–Crippen MR) is 54.8 cm³/mol. The zero-order valence-corrected chi connectivity index (χ0v) is 8.37. The molecule has 0 saturated carbocycles. The van der Waals surface area contributed by atoms with Gasteiger partial charge in [-0.2, -0.15) is 0 Å². The summed E-state index contributed by atoms with van der Waals surface area (Å²) in [5.41, 5.74) is 4.01. The highest BCUT2D eigenvalue weighted by Gasteiger charge is 2.20. The van der Waals surface area contributed by atoms with Gasteiger partial charge in [0.15, 0.2) is 0 Å². The molecule has 14 heavy (non-hydrogen) atoms. The van der Waals surface area contributed by atoms with Gasteiger partial charge in [0.05, 0.1) is 5.69 Å². The summed E-state index contributed by atoms with van der Waals surface area (Å²) in [5, 5.41) is 8.50. The molecule has 0 unspecified atom stereocenters. The lowest BCUT2D eigenvalue weighted by Crippen LogP contribution is -1.96. The van der Waals surface area contributed by atoms with Gasteiger partial charge in [-0.3, -0.25) is 0 Å². The maximum atomic E-state index is 4.31. The van der Waals surface area contributed by atoms with Gasteiger partial charge in [-0.25, -0.2) is 4.68 Å². The van der Waals surface area contributed by atoms with Gasteiger partial charge >= 0.3 is 0 Å². The van der Waals surface area contributed by atoms with E-state index in [0.717, 1.165) is 6.54 Å². The van der Waals surface area contributed by atoms with E-state index in [1.54, 1.807) is 0 Å². The number of nitrogens with zero attached hydrogens (tertiary/aromatic N) is 3. The minimum absolute atomic E-state index is 1.07. The quantitative estimate of drug-likeness (QED) is 0.678. The third-order valence-electron chi connectivity index (χ3n) is 3.22. The van der Waals surface area contributed by atoms with Crippen molar-refractivity contribution in [3.63, 3.8) is 0 Å². The summed E-state index contributed by atoms with van der Waals surface area (Å²) in [7, 11) is 0. The Balaban J connectivity index is 1.99. The monoisotopic (exact) mass is 189 g/mol. The number of rotatable bonds is 1. The number of fused-ring (bicyclic) bond motifs is 1. The van der Waals surface area contributed by atoms with Crippen molar-refractivity contribution in [1.29, 1.82) is 0 Å². The Labute approximate surface area is 83.8 Å². The maximum absolute atomic E-state index is 4.31. The molecule has 2 aliphatic rings. The standard InChI is InChI=1S/C11H15N3/c1-2-5-9(6-3-1)11-10-7-4-8-14(10)13-12-11/h5H,1-4,6-8H2. The molecule has 74 valence electrons. The lowest BCUT2D eigenvalue weighted by atomic mass is 9.96. The molecule has 3 heteroatoms. The minimum Gasteiger partial charge on any atom is -0.249 e. The Morgan fingerprint density at radius 2 is 2.14 bits per heavy atom. The predicted octanol–water partition coefficient (Wildman–Crippen LogP) is 2.18. The molecule has 0 spiro atoms. The number of hydrogen-bond acceptors (Lipinski definition) is 2. The maximum Gasteiger partial charge on any atom is 0.111 e. The van der Waals surface area contributed by atoms with Crippen molar-refractivity contribution in [3.8, 4) is 0 Å². The van der Waals surface area contributed by atoms with Gasteiger partial charge in [0.2, 0.25) is 0 Å². The van der Waals surface area contributed by atoms with Crippen molar-refractivity contribution < 1.29 is 0 Å². The molecule has 0 amide bonds. The molecule has 1 aromatic heterocycles. The molecule has 1 aromatic rings. The van der Waals surface area contributed by atoms with E-state index in [1.807, 2.05) is 0 Å². The van der Waals surface area contributed by atoms with Crippen LogP contribution in [0.5, 0.6) is 0 Å². The molecule has 0 saturated heterocycles. The Bertz CT molecular complexity index is 376. The van der Waals surface area contributed by atoms with Crippen molar-refractivity contribution in [2.45, 2.75) is 45.1 Å². The van der Waals surface area contributed by atoms with E-state index in [1.165, 1.54) is 55.5 Å². The van der Waals surface area contributed by atoms with E-state index >= 15 is 0 Å². The summed E-state index contributed by atoms with van der Waals surface area (Å²) < 4.78 is 2.07. The first-order chi connectivity index (χ1) is 6.95. The third kappa shape index (κ3) is 1.19. The van der Waals surface area contributed by atoms with Gasteiger partial charge in [-0.15, -0.1) is 5.10 Å². The first-order valence-electron chi connectivity index (χ1n) is 5.57. The van der Waals surface area contributed by atoms with Gasteiger partial charge in [0, 0.05) is 6.54 Å². The third-order valence-corrected chi connectivity index (χ3v) is 3.22. The molecule has 0 N–H and O–H groups in total.